The number of pyridine rings is 1. The highest BCUT2D eigenvalue weighted by molar-refractivity contribution is 7.89. The fraction of sp³-hybridized carbons (Fsp3) is 0.417. The number of rotatable bonds is 4. The van der Waals surface area contributed by atoms with Crippen molar-refractivity contribution in [3.05, 3.63) is 24.5 Å². The van der Waals surface area contributed by atoms with E-state index < -0.39 is 10.0 Å². The maximum Gasteiger partial charge on any atom is 0.242 e. The number of morpholine rings is 1. The largest absolute Gasteiger partial charge is 0.374 e. The van der Waals surface area contributed by atoms with Crippen LogP contribution >= 0.6 is 0 Å². The van der Waals surface area contributed by atoms with Gasteiger partial charge in [-0.1, -0.05) is 0 Å². The Bertz CT molecular complexity index is 692. The van der Waals surface area contributed by atoms with Gasteiger partial charge in [0.1, 0.15) is 10.5 Å². The minimum Gasteiger partial charge on any atom is -0.374 e. The summed E-state index contributed by atoms with van der Waals surface area (Å²) >= 11 is 0. The van der Waals surface area contributed by atoms with E-state index in [-0.39, 0.29) is 17.5 Å². The zero-order valence-corrected chi connectivity index (χ0v) is 11.6. The van der Waals surface area contributed by atoms with Gasteiger partial charge in [0.05, 0.1) is 12.7 Å². The highest BCUT2D eigenvalue weighted by atomic mass is 32.2. The second kappa shape index (κ2) is 5.49. The fourth-order valence-electron chi connectivity index (χ4n) is 2.18. The summed E-state index contributed by atoms with van der Waals surface area (Å²) < 4.78 is 32.7. The van der Waals surface area contributed by atoms with Crippen molar-refractivity contribution in [2.24, 2.45) is 0 Å². The molecule has 0 amide bonds. The molecule has 2 aromatic rings. The van der Waals surface area contributed by atoms with Gasteiger partial charge in [-0.15, -0.1) is 0 Å². The van der Waals surface area contributed by atoms with Gasteiger partial charge < -0.3 is 15.0 Å². The van der Waals surface area contributed by atoms with Crippen LogP contribution in [0.5, 0.6) is 0 Å². The van der Waals surface area contributed by atoms with Gasteiger partial charge in [-0.25, -0.2) is 18.1 Å². The average molecular weight is 296 g/mol. The van der Waals surface area contributed by atoms with Crippen LogP contribution in [0.4, 0.5) is 0 Å². The molecule has 0 radical (unpaired) electrons. The number of hydrogen-bond donors (Lipinski definition) is 3. The lowest BCUT2D eigenvalue weighted by atomic mass is 10.3. The van der Waals surface area contributed by atoms with Crippen molar-refractivity contribution in [2.45, 2.75) is 11.0 Å². The monoisotopic (exact) mass is 296 g/mol. The molecule has 1 unspecified atom stereocenters. The van der Waals surface area contributed by atoms with Crippen LogP contribution in [0.3, 0.4) is 0 Å². The number of nitrogens with one attached hydrogen (secondary N) is 3. The van der Waals surface area contributed by atoms with Crippen molar-refractivity contribution in [3.63, 3.8) is 0 Å². The van der Waals surface area contributed by atoms with Crippen LogP contribution in [-0.4, -0.2) is 50.7 Å². The lowest BCUT2D eigenvalue weighted by molar-refractivity contribution is 0.0324. The number of aromatic amines is 1. The molecule has 2 aromatic heterocycles. The van der Waals surface area contributed by atoms with Gasteiger partial charge in [0, 0.05) is 37.4 Å². The van der Waals surface area contributed by atoms with E-state index in [4.69, 9.17) is 4.74 Å². The molecule has 0 spiro atoms. The SMILES string of the molecule is O=S(=O)(NCC1CNCCO1)c1c[nH]c2ncccc12. The van der Waals surface area contributed by atoms with E-state index in [1.807, 2.05) is 0 Å². The Balaban J connectivity index is 1.77. The zero-order valence-electron chi connectivity index (χ0n) is 10.8. The minimum absolute atomic E-state index is 0.137. The summed E-state index contributed by atoms with van der Waals surface area (Å²) in [6.45, 7) is 2.31. The molecular weight excluding hydrogens is 280 g/mol. The second-order valence-electron chi connectivity index (χ2n) is 4.60. The van der Waals surface area contributed by atoms with Crippen molar-refractivity contribution in [3.8, 4) is 0 Å². The number of H-pyrrole nitrogens is 1. The predicted octanol–water partition coefficient (Wildman–Crippen LogP) is -0.170. The average Bonchev–Trinajstić information content (AvgIpc) is 2.91. The van der Waals surface area contributed by atoms with E-state index in [0.29, 0.717) is 24.2 Å². The maximum absolute atomic E-state index is 12.3. The van der Waals surface area contributed by atoms with Gasteiger partial charge in [-0.3, -0.25) is 0 Å². The van der Waals surface area contributed by atoms with Crippen LogP contribution in [0.2, 0.25) is 0 Å². The molecule has 0 aromatic carbocycles. The molecule has 8 heteroatoms. The molecule has 1 aliphatic rings. The van der Waals surface area contributed by atoms with E-state index in [2.05, 4.69) is 20.0 Å². The molecule has 1 fully saturated rings. The Morgan fingerprint density at radius 1 is 1.50 bits per heavy atom. The summed E-state index contributed by atoms with van der Waals surface area (Å²) in [5.74, 6) is 0. The van der Waals surface area contributed by atoms with Crippen molar-refractivity contribution in [1.29, 1.82) is 0 Å². The van der Waals surface area contributed by atoms with E-state index in [0.717, 1.165) is 6.54 Å². The lowest BCUT2D eigenvalue weighted by Crippen LogP contribution is -2.45. The van der Waals surface area contributed by atoms with Crippen molar-refractivity contribution < 1.29 is 13.2 Å². The Morgan fingerprint density at radius 2 is 2.40 bits per heavy atom. The molecule has 1 saturated heterocycles. The second-order valence-corrected chi connectivity index (χ2v) is 6.34. The zero-order chi connectivity index (χ0) is 14.0. The molecule has 3 heterocycles. The molecular formula is C12H16N4O3S. The van der Waals surface area contributed by atoms with E-state index >= 15 is 0 Å². The van der Waals surface area contributed by atoms with Gasteiger partial charge in [-0.05, 0) is 12.1 Å². The molecule has 3 rings (SSSR count). The predicted molar refractivity (Wildman–Crippen MR) is 73.9 cm³/mol. The van der Waals surface area contributed by atoms with Crippen LogP contribution in [0, 0.1) is 0 Å². The summed E-state index contributed by atoms with van der Waals surface area (Å²) in [6.07, 6.45) is 2.94. The number of ether oxygens (including phenoxy) is 1. The van der Waals surface area contributed by atoms with Crippen LogP contribution in [0.1, 0.15) is 0 Å². The minimum atomic E-state index is -3.57. The molecule has 0 aliphatic carbocycles. The third kappa shape index (κ3) is 2.68. The summed E-state index contributed by atoms with van der Waals surface area (Å²) in [4.78, 5) is 7.15. The summed E-state index contributed by atoms with van der Waals surface area (Å²) in [7, 11) is -3.57. The smallest absolute Gasteiger partial charge is 0.242 e. The standard InChI is InChI=1S/C12H16N4O3S/c17-20(18,16-7-9-6-13-4-5-19-9)11-8-15-12-10(11)2-1-3-14-12/h1-3,8-9,13,16H,4-7H2,(H,14,15). The van der Waals surface area contributed by atoms with Crippen LogP contribution in [0.15, 0.2) is 29.4 Å². The Labute approximate surface area is 116 Å². The summed E-state index contributed by atoms with van der Waals surface area (Å²) in [5.41, 5.74) is 0.559. The van der Waals surface area contributed by atoms with E-state index in [9.17, 15) is 8.42 Å². The van der Waals surface area contributed by atoms with E-state index in [1.54, 1.807) is 18.3 Å². The first kappa shape index (κ1) is 13.5. The molecule has 3 N–H and O–H groups in total. The number of nitrogens with zero attached hydrogens (tertiary/aromatic N) is 1. The maximum atomic E-state index is 12.3. The van der Waals surface area contributed by atoms with Gasteiger partial charge in [-0.2, -0.15) is 0 Å². The Hall–Kier alpha value is -1.48. The molecule has 1 atom stereocenters. The van der Waals surface area contributed by atoms with Gasteiger partial charge in [0.25, 0.3) is 0 Å². The van der Waals surface area contributed by atoms with Crippen molar-refractivity contribution in [1.82, 2.24) is 20.0 Å². The molecule has 1 aliphatic heterocycles. The van der Waals surface area contributed by atoms with Gasteiger partial charge in [0.2, 0.25) is 10.0 Å². The quantitative estimate of drug-likeness (QED) is 0.728. The summed E-state index contributed by atoms with van der Waals surface area (Å²) in [5, 5.41) is 3.75. The molecule has 0 saturated carbocycles. The first-order chi connectivity index (χ1) is 9.67. The number of hydrogen-bond acceptors (Lipinski definition) is 5. The highest BCUT2D eigenvalue weighted by Gasteiger charge is 2.22. The highest BCUT2D eigenvalue weighted by Crippen LogP contribution is 2.20. The number of sulfonamides is 1. The Kier molecular flexibility index (Phi) is 3.70. The van der Waals surface area contributed by atoms with Crippen molar-refractivity contribution >= 4 is 21.1 Å². The van der Waals surface area contributed by atoms with E-state index in [1.165, 1.54) is 6.20 Å². The van der Waals surface area contributed by atoms with Crippen molar-refractivity contribution in [2.75, 3.05) is 26.2 Å². The Morgan fingerprint density at radius 3 is 3.20 bits per heavy atom. The first-order valence-electron chi connectivity index (χ1n) is 6.41. The number of fused-ring (bicyclic) bond motifs is 1. The first-order valence-corrected chi connectivity index (χ1v) is 7.89. The molecule has 108 valence electrons. The third-order valence-corrected chi connectivity index (χ3v) is 4.67. The van der Waals surface area contributed by atoms with Crippen LogP contribution < -0.4 is 10.0 Å². The summed E-state index contributed by atoms with van der Waals surface area (Å²) in [6, 6.07) is 3.44. The van der Waals surface area contributed by atoms with Crippen LogP contribution in [-0.2, 0) is 14.8 Å². The molecule has 7 nitrogen and oxygen atoms in total. The van der Waals surface area contributed by atoms with Gasteiger partial charge in [0.15, 0.2) is 0 Å². The van der Waals surface area contributed by atoms with Gasteiger partial charge >= 0.3 is 0 Å². The third-order valence-electron chi connectivity index (χ3n) is 3.21. The normalized spacial score (nSPS) is 20.3. The topological polar surface area (TPSA) is 96.1 Å². The molecule has 0 bridgehead atoms. The van der Waals surface area contributed by atoms with Crippen LogP contribution in [0.25, 0.3) is 11.0 Å². The number of aromatic nitrogens is 2. The molecule has 20 heavy (non-hydrogen) atoms. The lowest BCUT2D eigenvalue weighted by Gasteiger charge is -2.23. The fourth-order valence-corrected chi connectivity index (χ4v) is 3.41.